The molecule has 1 amide bonds. The van der Waals surface area contributed by atoms with Gasteiger partial charge in [0.25, 0.3) is 0 Å². The van der Waals surface area contributed by atoms with Crippen LogP contribution in [0.3, 0.4) is 0 Å². The summed E-state index contributed by atoms with van der Waals surface area (Å²) < 4.78 is 0. The van der Waals surface area contributed by atoms with Crippen molar-refractivity contribution < 1.29 is 14.4 Å². The summed E-state index contributed by atoms with van der Waals surface area (Å²) in [4.78, 5) is 41.6. The second-order valence-corrected chi connectivity index (χ2v) is 15.7. The smallest absolute Gasteiger partial charge is 0.226 e. The van der Waals surface area contributed by atoms with E-state index < -0.39 is 16.2 Å². The van der Waals surface area contributed by atoms with Crippen molar-refractivity contribution in [1.82, 2.24) is 5.32 Å². The van der Waals surface area contributed by atoms with Crippen molar-refractivity contribution in [3.05, 3.63) is 23.3 Å². The molecule has 5 nitrogen and oxygen atoms in total. The van der Waals surface area contributed by atoms with Crippen LogP contribution in [0.2, 0.25) is 0 Å². The van der Waals surface area contributed by atoms with Gasteiger partial charge in [0.15, 0.2) is 11.6 Å². The van der Waals surface area contributed by atoms with Gasteiger partial charge in [-0.15, -0.1) is 0 Å². The van der Waals surface area contributed by atoms with E-state index in [1.807, 2.05) is 26.0 Å². The maximum atomic E-state index is 14.5. The van der Waals surface area contributed by atoms with Gasteiger partial charge in [-0.25, -0.2) is 0 Å². The van der Waals surface area contributed by atoms with Crippen molar-refractivity contribution in [2.45, 2.75) is 107 Å². The van der Waals surface area contributed by atoms with Gasteiger partial charge in [0.05, 0.1) is 11.0 Å². The number of hydrogen-bond acceptors (Lipinski definition) is 4. The van der Waals surface area contributed by atoms with Crippen LogP contribution in [0.4, 0.5) is 0 Å². The summed E-state index contributed by atoms with van der Waals surface area (Å²) in [5.74, 6) is 0.0858. The molecule has 0 bridgehead atoms. The van der Waals surface area contributed by atoms with Crippen LogP contribution in [0.25, 0.3) is 0 Å². The van der Waals surface area contributed by atoms with E-state index in [1.54, 1.807) is 0 Å². The zero-order chi connectivity index (χ0) is 28.8. The highest BCUT2D eigenvalue weighted by Gasteiger charge is 2.70. The zero-order valence-corrected chi connectivity index (χ0v) is 25.4. The molecule has 0 aromatic heterocycles. The predicted molar refractivity (Wildman–Crippen MR) is 152 cm³/mol. The van der Waals surface area contributed by atoms with Gasteiger partial charge >= 0.3 is 0 Å². The topological polar surface area (TPSA) is 87.0 Å². The molecule has 0 aromatic rings. The molecule has 1 N–H and O–H groups in total. The first kappa shape index (κ1) is 28.3. The molecule has 7 atom stereocenters. The van der Waals surface area contributed by atoms with Crippen LogP contribution in [0, 0.1) is 61.6 Å². The normalized spacial score (nSPS) is 43.9. The molecule has 39 heavy (non-hydrogen) atoms. The van der Waals surface area contributed by atoms with Crippen LogP contribution >= 0.6 is 0 Å². The molecule has 0 aliphatic heterocycles. The number of fused-ring (bicyclic) bond motifs is 7. The molecule has 0 radical (unpaired) electrons. The van der Waals surface area contributed by atoms with Gasteiger partial charge in [-0.1, -0.05) is 67.0 Å². The SMILES string of the molecule is CCCNC(=O)[C@]12CCC(C)(C)CC1C1C(=O)C=C3[C@@]4(C)C=C(C#N)C(=O)C(C)(C)[C@@H]4CC[C@@]3(C)[C@]1(C)CC2. The molecule has 5 rings (SSSR count). The van der Waals surface area contributed by atoms with Crippen LogP contribution < -0.4 is 5.32 Å². The van der Waals surface area contributed by atoms with E-state index in [1.165, 1.54) is 0 Å². The maximum absolute atomic E-state index is 14.5. The van der Waals surface area contributed by atoms with Gasteiger partial charge in [0.1, 0.15) is 6.07 Å². The van der Waals surface area contributed by atoms with E-state index in [-0.39, 0.29) is 57.0 Å². The third-order valence-corrected chi connectivity index (χ3v) is 12.8. The van der Waals surface area contributed by atoms with E-state index in [2.05, 4.69) is 52.9 Å². The van der Waals surface area contributed by atoms with Crippen molar-refractivity contribution in [3.8, 4) is 6.07 Å². The number of ketones is 2. The van der Waals surface area contributed by atoms with Crippen molar-refractivity contribution in [2.24, 2.45) is 50.2 Å². The third-order valence-electron chi connectivity index (χ3n) is 12.8. The number of hydrogen-bond donors (Lipinski definition) is 1. The molecule has 3 saturated carbocycles. The average Bonchev–Trinajstić information content (AvgIpc) is 2.86. The van der Waals surface area contributed by atoms with E-state index in [4.69, 9.17) is 0 Å². The molecule has 5 aliphatic rings. The Morgan fingerprint density at radius 2 is 1.69 bits per heavy atom. The lowest BCUT2D eigenvalue weighted by molar-refractivity contribution is -0.178. The van der Waals surface area contributed by atoms with E-state index in [9.17, 15) is 19.6 Å². The Kier molecular flexibility index (Phi) is 6.27. The Bertz CT molecular complexity index is 1230. The van der Waals surface area contributed by atoms with Crippen LogP contribution in [0.5, 0.6) is 0 Å². The van der Waals surface area contributed by atoms with Gasteiger partial charge < -0.3 is 5.32 Å². The number of nitrogens with one attached hydrogen (secondary N) is 1. The number of rotatable bonds is 3. The number of carbonyl (C=O) groups excluding carboxylic acids is 3. The molecule has 0 aromatic carbocycles. The summed E-state index contributed by atoms with van der Waals surface area (Å²) in [6.45, 7) is 18.2. The molecule has 5 heteroatoms. The lowest BCUT2D eigenvalue weighted by Crippen LogP contribution is -2.66. The Hall–Kier alpha value is -2.22. The Balaban J connectivity index is 1.67. The Morgan fingerprint density at radius 3 is 2.33 bits per heavy atom. The lowest BCUT2D eigenvalue weighted by atomic mass is 9.34. The van der Waals surface area contributed by atoms with Crippen LogP contribution in [0.1, 0.15) is 107 Å². The summed E-state index contributed by atoms with van der Waals surface area (Å²) >= 11 is 0. The molecular weight excluding hydrogens is 484 g/mol. The maximum Gasteiger partial charge on any atom is 0.226 e. The van der Waals surface area contributed by atoms with E-state index >= 15 is 0 Å². The second kappa shape index (κ2) is 8.64. The first-order valence-corrected chi connectivity index (χ1v) is 15.3. The minimum absolute atomic E-state index is 0.0131. The fraction of sp³-hybridized carbons (Fsp3) is 0.765. The summed E-state index contributed by atoms with van der Waals surface area (Å²) in [6.07, 6.45) is 10.9. The molecule has 0 spiro atoms. The van der Waals surface area contributed by atoms with Gasteiger partial charge in [-0.05, 0) is 85.5 Å². The summed E-state index contributed by atoms with van der Waals surface area (Å²) in [5.41, 5.74) is -0.791. The average molecular weight is 533 g/mol. The number of allylic oxidation sites excluding steroid dienone is 4. The van der Waals surface area contributed by atoms with Crippen LogP contribution in [-0.4, -0.2) is 24.0 Å². The first-order valence-electron chi connectivity index (χ1n) is 15.3. The van der Waals surface area contributed by atoms with Gasteiger partial charge in [0.2, 0.25) is 5.91 Å². The Morgan fingerprint density at radius 1 is 1.03 bits per heavy atom. The largest absolute Gasteiger partial charge is 0.356 e. The highest BCUT2D eigenvalue weighted by molar-refractivity contribution is 6.04. The summed E-state index contributed by atoms with van der Waals surface area (Å²) in [7, 11) is 0. The fourth-order valence-corrected chi connectivity index (χ4v) is 10.4. The number of carbonyl (C=O) groups is 3. The van der Waals surface area contributed by atoms with E-state index in [0.717, 1.165) is 56.9 Å². The number of amides is 1. The monoisotopic (exact) mass is 532 g/mol. The summed E-state index contributed by atoms with van der Waals surface area (Å²) in [5, 5.41) is 13.1. The molecule has 0 saturated heterocycles. The lowest BCUT2D eigenvalue weighted by Gasteiger charge is -2.69. The summed E-state index contributed by atoms with van der Waals surface area (Å²) in [6, 6.07) is 2.19. The van der Waals surface area contributed by atoms with Crippen molar-refractivity contribution in [1.29, 1.82) is 5.26 Å². The number of Topliss-reactive ketones (excluding diaryl/α,β-unsaturated/α-hetero) is 1. The van der Waals surface area contributed by atoms with Crippen molar-refractivity contribution >= 4 is 17.5 Å². The molecule has 3 fully saturated rings. The molecular formula is C34H48N2O3. The van der Waals surface area contributed by atoms with Crippen molar-refractivity contribution in [2.75, 3.05) is 6.54 Å². The minimum Gasteiger partial charge on any atom is -0.356 e. The van der Waals surface area contributed by atoms with Gasteiger partial charge in [-0.2, -0.15) is 5.26 Å². The second-order valence-electron chi connectivity index (χ2n) is 15.7. The number of nitriles is 1. The van der Waals surface area contributed by atoms with Gasteiger partial charge in [-0.3, -0.25) is 14.4 Å². The number of nitrogens with zero attached hydrogens (tertiary/aromatic N) is 1. The minimum atomic E-state index is -0.663. The first-order chi connectivity index (χ1) is 18.0. The van der Waals surface area contributed by atoms with E-state index in [0.29, 0.717) is 6.54 Å². The van der Waals surface area contributed by atoms with Gasteiger partial charge in [0, 0.05) is 23.3 Å². The third kappa shape index (κ3) is 3.58. The predicted octanol–water partition coefficient (Wildman–Crippen LogP) is 6.73. The van der Waals surface area contributed by atoms with Crippen LogP contribution in [0.15, 0.2) is 23.3 Å². The molecule has 2 unspecified atom stereocenters. The fourth-order valence-electron chi connectivity index (χ4n) is 10.4. The Labute approximate surface area is 235 Å². The quantitative estimate of drug-likeness (QED) is 0.436. The van der Waals surface area contributed by atoms with Crippen molar-refractivity contribution in [3.63, 3.8) is 0 Å². The highest BCUT2D eigenvalue weighted by Crippen LogP contribution is 2.74. The zero-order valence-electron chi connectivity index (χ0n) is 25.4. The highest BCUT2D eigenvalue weighted by atomic mass is 16.2. The molecule has 212 valence electrons. The standard InChI is InChI=1S/C34H48N2O3/c1-9-16-36-28(39)34-14-12-29(2,3)19-22(34)26-23(37)17-25-31(6)18-21(20-35)27(38)30(4,5)24(31)10-11-32(25,7)33(26,8)13-15-34/h17-18,22,24,26H,9-16,19H2,1-8H3,(H,36,39)/t22?,24-,26?,31-,32+,33+,34-/m0/s1. The molecule has 0 heterocycles. The van der Waals surface area contributed by atoms with Crippen LogP contribution in [-0.2, 0) is 14.4 Å². The molecule has 5 aliphatic carbocycles.